The van der Waals surface area contributed by atoms with Crippen molar-refractivity contribution in [3.8, 4) is 11.5 Å². The second-order valence-electron chi connectivity index (χ2n) is 5.40. The minimum absolute atomic E-state index is 0.535. The maximum Gasteiger partial charge on any atom is 0.184 e. The van der Waals surface area contributed by atoms with Crippen LogP contribution >= 0.6 is 11.6 Å². The molecule has 24 heavy (non-hydrogen) atoms. The molecule has 1 aliphatic heterocycles. The Bertz CT molecular complexity index is 894. The summed E-state index contributed by atoms with van der Waals surface area (Å²) in [5.41, 5.74) is 2.47. The summed E-state index contributed by atoms with van der Waals surface area (Å²) in [5, 5.41) is 8.17. The maximum absolute atomic E-state index is 6.25. The SMILES string of the molecule is CCNc1cc(Nc2cccc3c2OCCO3)nc2[nH]cc(Cl)c12. The molecule has 0 bridgehead atoms. The van der Waals surface area contributed by atoms with Crippen LogP contribution in [0, 0.1) is 0 Å². The Morgan fingerprint density at radius 1 is 1.25 bits per heavy atom. The van der Waals surface area contributed by atoms with Crippen LogP contribution in [-0.2, 0) is 0 Å². The van der Waals surface area contributed by atoms with E-state index in [4.69, 9.17) is 21.1 Å². The van der Waals surface area contributed by atoms with Gasteiger partial charge in [0.25, 0.3) is 0 Å². The van der Waals surface area contributed by atoms with Gasteiger partial charge in [-0.2, -0.15) is 0 Å². The lowest BCUT2D eigenvalue weighted by atomic mass is 10.2. The highest BCUT2D eigenvalue weighted by Gasteiger charge is 2.17. The predicted molar refractivity (Wildman–Crippen MR) is 96.0 cm³/mol. The average Bonchev–Trinajstić information content (AvgIpc) is 2.97. The van der Waals surface area contributed by atoms with Crippen molar-refractivity contribution in [2.24, 2.45) is 0 Å². The van der Waals surface area contributed by atoms with Gasteiger partial charge in [0.05, 0.1) is 21.8 Å². The van der Waals surface area contributed by atoms with Gasteiger partial charge < -0.3 is 25.1 Å². The highest BCUT2D eigenvalue weighted by Crippen LogP contribution is 2.39. The van der Waals surface area contributed by atoms with Gasteiger partial charge in [0, 0.05) is 18.8 Å². The lowest BCUT2D eigenvalue weighted by Gasteiger charge is -2.21. The second-order valence-corrected chi connectivity index (χ2v) is 5.81. The molecule has 0 amide bonds. The first-order valence-corrected chi connectivity index (χ1v) is 8.21. The molecule has 3 N–H and O–H groups in total. The Labute approximate surface area is 144 Å². The number of nitrogens with zero attached hydrogens (tertiary/aromatic N) is 1. The van der Waals surface area contributed by atoms with Crippen LogP contribution in [0.3, 0.4) is 0 Å². The highest BCUT2D eigenvalue weighted by molar-refractivity contribution is 6.36. The van der Waals surface area contributed by atoms with Gasteiger partial charge in [0.1, 0.15) is 24.7 Å². The zero-order valence-electron chi connectivity index (χ0n) is 13.1. The normalized spacial score (nSPS) is 13.1. The van der Waals surface area contributed by atoms with Crippen LogP contribution in [0.2, 0.25) is 5.02 Å². The van der Waals surface area contributed by atoms with Gasteiger partial charge in [0.15, 0.2) is 11.5 Å². The first kappa shape index (κ1) is 15.0. The van der Waals surface area contributed by atoms with Crippen LogP contribution in [0.15, 0.2) is 30.5 Å². The Morgan fingerprint density at radius 3 is 3.00 bits per heavy atom. The van der Waals surface area contributed by atoms with Crippen molar-refractivity contribution in [2.75, 3.05) is 30.4 Å². The van der Waals surface area contributed by atoms with E-state index in [1.165, 1.54) is 0 Å². The van der Waals surface area contributed by atoms with Crippen molar-refractivity contribution in [1.82, 2.24) is 9.97 Å². The molecule has 0 unspecified atom stereocenters. The number of anilines is 3. The zero-order valence-corrected chi connectivity index (χ0v) is 13.9. The van der Waals surface area contributed by atoms with Gasteiger partial charge >= 0.3 is 0 Å². The van der Waals surface area contributed by atoms with Crippen molar-refractivity contribution < 1.29 is 9.47 Å². The smallest absolute Gasteiger partial charge is 0.184 e. The van der Waals surface area contributed by atoms with E-state index in [1.807, 2.05) is 31.2 Å². The molecule has 2 aromatic heterocycles. The van der Waals surface area contributed by atoms with Crippen LogP contribution in [0.4, 0.5) is 17.2 Å². The van der Waals surface area contributed by atoms with Crippen molar-refractivity contribution >= 4 is 39.8 Å². The van der Waals surface area contributed by atoms with Crippen LogP contribution in [0.25, 0.3) is 11.0 Å². The summed E-state index contributed by atoms with van der Waals surface area (Å²) in [5.74, 6) is 2.14. The summed E-state index contributed by atoms with van der Waals surface area (Å²) < 4.78 is 11.4. The lowest BCUT2D eigenvalue weighted by Crippen LogP contribution is -2.16. The molecule has 3 heterocycles. The van der Waals surface area contributed by atoms with Crippen molar-refractivity contribution in [3.05, 3.63) is 35.5 Å². The molecule has 0 atom stereocenters. The molecular formula is C17H17ClN4O2. The van der Waals surface area contributed by atoms with E-state index in [0.717, 1.165) is 34.7 Å². The number of rotatable bonds is 4. The number of benzene rings is 1. The van der Waals surface area contributed by atoms with E-state index < -0.39 is 0 Å². The third-order valence-corrected chi connectivity index (χ3v) is 4.09. The molecule has 1 aromatic carbocycles. The largest absolute Gasteiger partial charge is 0.486 e. The molecule has 3 aromatic rings. The summed E-state index contributed by atoms with van der Waals surface area (Å²) in [7, 11) is 0. The average molecular weight is 345 g/mol. The Kier molecular flexibility index (Phi) is 3.82. The number of ether oxygens (including phenoxy) is 2. The van der Waals surface area contributed by atoms with Crippen molar-refractivity contribution in [3.63, 3.8) is 0 Å². The first-order valence-electron chi connectivity index (χ1n) is 7.83. The monoisotopic (exact) mass is 344 g/mol. The molecular weight excluding hydrogens is 328 g/mol. The van der Waals surface area contributed by atoms with E-state index in [1.54, 1.807) is 6.20 Å². The van der Waals surface area contributed by atoms with E-state index >= 15 is 0 Å². The maximum atomic E-state index is 6.25. The van der Waals surface area contributed by atoms with E-state index in [-0.39, 0.29) is 0 Å². The van der Waals surface area contributed by atoms with Gasteiger partial charge in [-0.1, -0.05) is 17.7 Å². The summed E-state index contributed by atoms with van der Waals surface area (Å²) in [6.45, 7) is 3.93. The zero-order chi connectivity index (χ0) is 16.5. The molecule has 0 saturated heterocycles. The molecule has 0 saturated carbocycles. The molecule has 0 spiro atoms. The molecule has 6 nitrogen and oxygen atoms in total. The predicted octanol–water partition coefficient (Wildman–Crippen LogP) is 4.16. The fourth-order valence-electron chi connectivity index (χ4n) is 2.80. The first-order chi connectivity index (χ1) is 11.8. The third-order valence-electron chi connectivity index (χ3n) is 3.79. The van der Waals surface area contributed by atoms with Gasteiger partial charge in [-0.05, 0) is 19.1 Å². The minimum Gasteiger partial charge on any atom is -0.486 e. The number of hydrogen-bond acceptors (Lipinski definition) is 5. The lowest BCUT2D eigenvalue weighted by molar-refractivity contribution is 0.172. The Hall–Kier alpha value is -2.60. The highest BCUT2D eigenvalue weighted by atomic mass is 35.5. The summed E-state index contributed by atoms with van der Waals surface area (Å²) in [4.78, 5) is 7.69. The van der Waals surface area contributed by atoms with Crippen LogP contribution in [0.5, 0.6) is 11.5 Å². The summed E-state index contributed by atoms with van der Waals surface area (Å²) in [6, 6.07) is 7.69. The van der Waals surface area contributed by atoms with E-state index in [0.29, 0.717) is 29.8 Å². The molecule has 0 fully saturated rings. The molecule has 7 heteroatoms. The van der Waals surface area contributed by atoms with Gasteiger partial charge in [-0.15, -0.1) is 0 Å². The van der Waals surface area contributed by atoms with Gasteiger partial charge in [0.2, 0.25) is 0 Å². The Morgan fingerprint density at radius 2 is 2.12 bits per heavy atom. The number of aromatic amines is 1. The van der Waals surface area contributed by atoms with Crippen LogP contribution < -0.4 is 20.1 Å². The fraction of sp³-hybridized carbons (Fsp3) is 0.235. The van der Waals surface area contributed by atoms with Crippen molar-refractivity contribution in [1.29, 1.82) is 0 Å². The molecule has 0 aliphatic carbocycles. The van der Waals surface area contributed by atoms with E-state index in [9.17, 15) is 0 Å². The topological polar surface area (TPSA) is 71.2 Å². The van der Waals surface area contributed by atoms with Crippen molar-refractivity contribution in [2.45, 2.75) is 6.92 Å². The number of H-pyrrole nitrogens is 1. The molecule has 0 radical (unpaired) electrons. The van der Waals surface area contributed by atoms with Gasteiger partial charge in [-0.25, -0.2) is 4.98 Å². The fourth-order valence-corrected chi connectivity index (χ4v) is 3.05. The number of para-hydroxylation sites is 1. The number of halogens is 1. The summed E-state index contributed by atoms with van der Waals surface area (Å²) >= 11 is 6.25. The number of fused-ring (bicyclic) bond motifs is 2. The second kappa shape index (κ2) is 6.13. The number of nitrogens with one attached hydrogen (secondary N) is 3. The minimum atomic E-state index is 0.535. The molecule has 124 valence electrons. The third kappa shape index (κ3) is 2.59. The Balaban J connectivity index is 1.75. The summed E-state index contributed by atoms with van der Waals surface area (Å²) in [6.07, 6.45) is 1.74. The number of pyridine rings is 1. The molecule has 4 rings (SSSR count). The number of hydrogen-bond donors (Lipinski definition) is 3. The quantitative estimate of drug-likeness (QED) is 0.662. The van der Waals surface area contributed by atoms with Crippen LogP contribution in [-0.4, -0.2) is 29.7 Å². The van der Waals surface area contributed by atoms with Gasteiger partial charge in [-0.3, -0.25) is 0 Å². The molecule has 1 aliphatic rings. The van der Waals surface area contributed by atoms with E-state index in [2.05, 4.69) is 20.6 Å². The number of aromatic nitrogens is 2. The standard InChI is InChI=1S/C17H17ClN4O2/c1-2-19-12-8-14(22-17-15(12)10(18)9-20-17)21-11-4-3-5-13-16(11)24-7-6-23-13/h3-5,8-9H,2,6-7H2,1H3,(H3,19,20,21,22). The van der Waals surface area contributed by atoms with Crippen LogP contribution in [0.1, 0.15) is 6.92 Å².